The molecule has 1 fully saturated rings. The second kappa shape index (κ2) is 4.55. The summed E-state index contributed by atoms with van der Waals surface area (Å²) in [4.78, 5) is 22.5. The maximum Gasteiger partial charge on any atom is 0.335 e. The van der Waals surface area contributed by atoms with Crippen LogP contribution in [0.5, 0.6) is 0 Å². The number of benzene rings is 1. The minimum atomic E-state index is -0.995. The molecule has 0 aromatic heterocycles. The van der Waals surface area contributed by atoms with E-state index in [0.717, 1.165) is 24.3 Å². The summed E-state index contributed by atoms with van der Waals surface area (Å²) in [7, 11) is 0. The van der Waals surface area contributed by atoms with Crippen molar-refractivity contribution >= 4 is 17.6 Å². The maximum atomic E-state index is 11.8. The SMILES string of the molecule is NN(C(=O)C1CCC1)c1ccc(C(=O)O)cc1. The lowest BCUT2D eigenvalue weighted by molar-refractivity contribution is -0.124. The smallest absolute Gasteiger partial charge is 0.335 e. The number of hydrogen-bond donors (Lipinski definition) is 2. The molecule has 1 aliphatic rings. The highest BCUT2D eigenvalue weighted by Crippen LogP contribution is 2.29. The zero-order valence-electron chi connectivity index (χ0n) is 9.30. The van der Waals surface area contributed by atoms with Gasteiger partial charge in [0.25, 0.3) is 0 Å². The highest BCUT2D eigenvalue weighted by Gasteiger charge is 2.28. The van der Waals surface area contributed by atoms with E-state index in [0.29, 0.717) is 5.69 Å². The van der Waals surface area contributed by atoms with Crippen LogP contribution < -0.4 is 10.9 Å². The van der Waals surface area contributed by atoms with Crippen molar-refractivity contribution in [2.24, 2.45) is 11.8 Å². The molecule has 5 heteroatoms. The number of anilines is 1. The molecule has 3 N–H and O–H groups in total. The van der Waals surface area contributed by atoms with E-state index in [2.05, 4.69) is 0 Å². The molecule has 1 amide bonds. The third-order valence-electron chi connectivity index (χ3n) is 3.08. The number of aromatic carboxylic acids is 1. The summed E-state index contributed by atoms with van der Waals surface area (Å²) in [6, 6.07) is 5.96. The molecular weight excluding hydrogens is 220 g/mol. The third kappa shape index (κ3) is 2.29. The van der Waals surface area contributed by atoms with Crippen LogP contribution in [-0.4, -0.2) is 17.0 Å². The molecular formula is C12H14N2O3. The Hall–Kier alpha value is -1.88. The Morgan fingerprint density at radius 3 is 2.24 bits per heavy atom. The van der Waals surface area contributed by atoms with Gasteiger partial charge < -0.3 is 5.11 Å². The Balaban J connectivity index is 2.10. The first kappa shape index (κ1) is 11.6. The topological polar surface area (TPSA) is 83.6 Å². The molecule has 0 heterocycles. The van der Waals surface area contributed by atoms with E-state index in [1.54, 1.807) is 12.1 Å². The van der Waals surface area contributed by atoms with Crippen molar-refractivity contribution in [1.29, 1.82) is 0 Å². The predicted molar refractivity (Wildman–Crippen MR) is 62.4 cm³/mol. The number of amides is 1. The molecule has 90 valence electrons. The fourth-order valence-electron chi connectivity index (χ4n) is 1.74. The van der Waals surface area contributed by atoms with Gasteiger partial charge in [0.2, 0.25) is 5.91 Å². The highest BCUT2D eigenvalue weighted by molar-refractivity contribution is 5.95. The first-order chi connectivity index (χ1) is 8.09. The largest absolute Gasteiger partial charge is 0.478 e. The van der Waals surface area contributed by atoms with Gasteiger partial charge in [-0.15, -0.1) is 0 Å². The zero-order valence-corrected chi connectivity index (χ0v) is 9.30. The van der Waals surface area contributed by atoms with Gasteiger partial charge in [0.05, 0.1) is 11.3 Å². The molecule has 17 heavy (non-hydrogen) atoms. The van der Waals surface area contributed by atoms with Crippen LogP contribution in [0, 0.1) is 5.92 Å². The molecule has 1 saturated carbocycles. The number of carboxylic acids is 1. The highest BCUT2D eigenvalue weighted by atomic mass is 16.4. The fourth-order valence-corrected chi connectivity index (χ4v) is 1.74. The van der Waals surface area contributed by atoms with Crippen molar-refractivity contribution in [3.05, 3.63) is 29.8 Å². The first-order valence-electron chi connectivity index (χ1n) is 5.51. The van der Waals surface area contributed by atoms with Gasteiger partial charge in [-0.3, -0.25) is 4.79 Å². The lowest BCUT2D eigenvalue weighted by Gasteiger charge is -2.28. The maximum absolute atomic E-state index is 11.8. The van der Waals surface area contributed by atoms with E-state index in [1.807, 2.05) is 0 Å². The van der Waals surface area contributed by atoms with E-state index in [9.17, 15) is 9.59 Å². The van der Waals surface area contributed by atoms with E-state index >= 15 is 0 Å². The Morgan fingerprint density at radius 2 is 1.82 bits per heavy atom. The van der Waals surface area contributed by atoms with Gasteiger partial charge in [-0.2, -0.15) is 0 Å². The number of nitrogens with zero attached hydrogens (tertiary/aromatic N) is 1. The van der Waals surface area contributed by atoms with Crippen LogP contribution in [0.1, 0.15) is 29.6 Å². The van der Waals surface area contributed by atoms with Crippen molar-refractivity contribution in [3.8, 4) is 0 Å². The van der Waals surface area contributed by atoms with Crippen molar-refractivity contribution in [3.63, 3.8) is 0 Å². The molecule has 0 atom stereocenters. The Bertz CT molecular complexity index is 438. The number of carbonyl (C=O) groups excluding carboxylic acids is 1. The number of carbonyl (C=O) groups is 2. The standard InChI is InChI=1S/C12H14N2O3/c13-14(11(15)8-2-1-3-8)10-6-4-9(5-7-10)12(16)17/h4-8H,1-3,13H2,(H,16,17). The van der Waals surface area contributed by atoms with E-state index in [-0.39, 0.29) is 17.4 Å². The van der Waals surface area contributed by atoms with Crippen molar-refractivity contribution in [2.75, 3.05) is 5.01 Å². The first-order valence-corrected chi connectivity index (χ1v) is 5.51. The molecule has 0 saturated heterocycles. The zero-order chi connectivity index (χ0) is 12.4. The molecule has 5 nitrogen and oxygen atoms in total. The summed E-state index contributed by atoms with van der Waals surface area (Å²) in [6.45, 7) is 0. The van der Waals surface area contributed by atoms with Gasteiger partial charge in [-0.1, -0.05) is 6.42 Å². The third-order valence-corrected chi connectivity index (χ3v) is 3.08. The van der Waals surface area contributed by atoms with E-state index in [1.165, 1.54) is 12.1 Å². The van der Waals surface area contributed by atoms with Crippen molar-refractivity contribution < 1.29 is 14.7 Å². The van der Waals surface area contributed by atoms with Crippen LogP contribution in [0.25, 0.3) is 0 Å². The summed E-state index contributed by atoms with van der Waals surface area (Å²) in [5.41, 5.74) is 0.699. The summed E-state index contributed by atoms with van der Waals surface area (Å²) in [5.74, 6) is 4.65. The normalized spacial score (nSPS) is 15.1. The fraction of sp³-hybridized carbons (Fsp3) is 0.333. The molecule has 0 unspecified atom stereocenters. The van der Waals surface area contributed by atoms with Crippen LogP contribution in [0.15, 0.2) is 24.3 Å². The number of rotatable bonds is 3. The average molecular weight is 234 g/mol. The van der Waals surface area contributed by atoms with Gasteiger partial charge in [-0.25, -0.2) is 15.6 Å². The van der Waals surface area contributed by atoms with Crippen LogP contribution >= 0.6 is 0 Å². The molecule has 0 bridgehead atoms. The Morgan fingerprint density at radius 1 is 1.24 bits per heavy atom. The Labute approximate surface area is 98.8 Å². The lowest BCUT2D eigenvalue weighted by atomic mass is 9.84. The van der Waals surface area contributed by atoms with E-state index < -0.39 is 5.97 Å². The number of nitrogens with two attached hydrogens (primary N) is 1. The van der Waals surface area contributed by atoms with Gasteiger partial charge in [-0.05, 0) is 37.1 Å². The molecule has 1 aromatic carbocycles. The summed E-state index contributed by atoms with van der Waals surface area (Å²) in [5, 5.41) is 9.85. The van der Waals surface area contributed by atoms with Crippen LogP contribution in [0.4, 0.5) is 5.69 Å². The summed E-state index contributed by atoms with van der Waals surface area (Å²) >= 11 is 0. The number of hydrogen-bond acceptors (Lipinski definition) is 3. The van der Waals surface area contributed by atoms with Crippen LogP contribution in [-0.2, 0) is 4.79 Å². The van der Waals surface area contributed by atoms with Crippen molar-refractivity contribution in [1.82, 2.24) is 0 Å². The monoisotopic (exact) mass is 234 g/mol. The molecule has 0 aliphatic heterocycles. The van der Waals surface area contributed by atoms with Gasteiger partial charge in [0, 0.05) is 5.92 Å². The quantitative estimate of drug-likeness (QED) is 0.470. The number of hydrazine groups is 1. The number of carboxylic acid groups (broad SMARTS) is 1. The Kier molecular flexibility index (Phi) is 3.10. The predicted octanol–water partition coefficient (Wildman–Crippen LogP) is 1.39. The molecule has 1 aromatic rings. The van der Waals surface area contributed by atoms with Gasteiger partial charge in [0.1, 0.15) is 0 Å². The van der Waals surface area contributed by atoms with Crippen LogP contribution in [0.2, 0.25) is 0 Å². The van der Waals surface area contributed by atoms with Gasteiger partial charge >= 0.3 is 5.97 Å². The average Bonchev–Trinajstić information content (AvgIpc) is 2.25. The van der Waals surface area contributed by atoms with Gasteiger partial charge in [0.15, 0.2) is 0 Å². The molecule has 0 spiro atoms. The minimum absolute atomic E-state index is 0.0270. The van der Waals surface area contributed by atoms with Crippen molar-refractivity contribution in [2.45, 2.75) is 19.3 Å². The van der Waals surface area contributed by atoms with Crippen LogP contribution in [0.3, 0.4) is 0 Å². The lowest BCUT2D eigenvalue weighted by Crippen LogP contribution is -2.43. The second-order valence-corrected chi connectivity index (χ2v) is 4.19. The molecule has 2 rings (SSSR count). The molecule has 0 radical (unpaired) electrons. The molecule has 1 aliphatic carbocycles. The summed E-state index contributed by atoms with van der Waals surface area (Å²) < 4.78 is 0. The van der Waals surface area contributed by atoms with E-state index in [4.69, 9.17) is 10.9 Å². The summed E-state index contributed by atoms with van der Waals surface area (Å²) in [6.07, 6.45) is 2.85. The second-order valence-electron chi connectivity index (χ2n) is 4.19. The minimum Gasteiger partial charge on any atom is -0.478 e.